The fourth-order valence-corrected chi connectivity index (χ4v) is 9.18. The molecule has 21 heteroatoms. The van der Waals surface area contributed by atoms with E-state index in [-0.39, 0.29) is 67.7 Å². The lowest BCUT2D eigenvalue weighted by Gasteiger charge is -2.27. The van der Waals surface area contributed by atoms with Crippen LogP contribution in [0.15, 0.2) is 110 Å². The maximum absolute atomic E-state index is 13.1. The summed E-state index contributed by atoms with van der Waals surface area (Å²) in [6.45, 7) is 6.57. The van der Waals surface area contributed by atoms with Gasteiger partial charge in [0.1, 0.15) is 24.5 Å². The molecule has 4 aromatic heterocycles. The first-order valence-corrected chi connectivity index (χ1v) is 24.7. The van der Waals surface area contributed by atoms with Gasteiger partial charge in [0.05, 0.1) is 23.5 Å². The van der Waals surface area contributed by atoms with E-state index in [1.807, 2.05) is 99.8 Å². The first-order chi connectivity index (χ1) is 36.1. The molecular formula is C55H58F6N10O5. The van der Waals surface area contributed by atoms with Crippen LogP contribution in [0.1, 0.15) is 109 Å². The van der Waals surface area contributed by atoms with Gasteiger partial charge in [0.15, 0.2) is 0 Å². The zero-order chi connectivity index (χ0) is 54.9. The van der Waals surface area contributed by atoms with E-state index in [2.05, 4.69) is 30.6 Å². The number of nitrogens with one attached hydrogen (secondary N) is 4. The number of alkyl halides is 6. The van der Waals surface area contributed by atoms with E-state index in [9.17, 15) is 50.6 Å². The van der Waals surface area contributed by atoms with Gasteiger partial charge >= 0.3 is 24.4 Å². The number of hydrogen-bond acceptors (Lipinski definition) is 9. The summed E-state index contributed by atoms with van der Waals surface area (Å²) in [6, 6.07) is 23.5. The summed E-state index contributed by atoms with van der Waals surface area (Å²) >= 11 is 0. The van der Waals surface area contributed by atoms with E-state index >= 15 is 0 Å². The van der Waals surface area contributed by atoms with Crippen LogP contribution in [-0.4, -0.2) is 103 Å². The summed E-state index contributed by atoms with van der Waals surface area (Å²) in [5, 5.41) is 19.4. The zero-order valence-electron chi connectivity index (χ0n) is 42.4. The Morgan fingerprint density at radius 1 is 0.592 bits per heavy atom. The molecule has 400 valence electrons. The first-order valence-electron chi connectivity index (χ1n) is 24.7. The summed E-state index contributed by atoms with van der Waals surface area (Å²) in [7, 11) is 0. The standard InChI is InChI=1S/C28H30F3N5O2.C27H28F3N5O3/c1-4-7-23-24-21(15-36(23)27(38)34-17(2)3)13-22(26(37)33-16-28(29,30)31)35-25(24)19-9-5-8-18(12-19)20-10-6-11-32-14-20;1-16(2)33-26(38)35-14-20-12-21(25(37)32-15-27(28,29)30)34-24(23(20)22(35)8-10-36)18-6-3-5-17(11-18)19-7-4-9-31-13-19/h5-6,8-14,17,23H,4,7,15-16H2,1-3H3,(H,33,37)(H,34,38);3-7,9,11-13,16,22,36H,8,10,14-15H2,1-2H3,(H,32,37)(H,33,38)/t23-;22-/m11/s1. The Kier molecular flexibility index (Phi) is 17.7. The molecule has 0 saturated heterocycles. The maximum Gasteiger partial charge on any atom is 0.405 e. The van der Waals surface area contributed by atoms with Crippen molar-refractivity contribution in [1.82, 2.24) is 51.0 Å². The van der Waals surface area contributed by atoms with Gasteiger partial charge in [-0.1, -0.05) is 61.9 Å². The number of carbonyl (C=O) groups excluding carboxylic acids is 4. The molecule has 0 spiro atoms. The number of benzene rings is 2. The van der Waals surface area contributed by atoms with Crippen molar-refractivity contribution in [3.05, 3.63) is 143 Å². The van der Waals surface area contributed by atoms with Crippen LogP contribution in [0.5, 0.6) is 0 Å². The second kappa shape index (κ2) is 24.2. The number of hydrogen-bond donors (Lipinski definition) is 5. The molecule has 76 heavy (non-hydrogen) atoms. The zero-order valence-corrected chi connectivity index (χ0v) is 42.4. The summed E-state index contributed by atoms with van der Waals surface area (Å²) in [5.74, 6) is -1.90. The highest BCUT2D eigenvalue weighted by atomic mass is 19.4. The molecule has 8 rings (SSSR count). The van der Waals surface area contributed by atoms with Gasteiger partial charge in [-0.25, -0.2) is 19.6 Å². The number of fused-ring (bicyclic) bond motifs is 2. The number of halogens is 6. The van der Waals surface area contributed by atoms with E-state index in [1.165, 1.54) is 12.1 Å². The fourth-order valence-electron chi connectivity index (χ4n) is 9.18. The average Bonchev–Trinajstić information content (AvgIpc) is 3.96. The molecule has 2 aliphatic rings. The van der Waals surface area contributed by atoms with Gasteiger partial charge in [0, 0.05) is 89.9 Å². The highest BCUT2D eigenvalue weighted by Gasteiger charge is 2.39. The lowest BCUT2D eigenvalue weighted by molar-refractivity contribution is -0.123. The van der Waals surface area contributed by atoms with Crippen LogP contribution in [0.2, 0.25) is 0 Å². The number of aliphatic hydroxyl groups is 1. The van der Waals surface area contributed by atoms with E-state index in [0.717, 1.165) is 34.2 Å². The van der Waals surface area contributed by atoms with Crippen LogP contribution in [0, 0.1) is 0 Å². The number of amides is 6. The monoisotopic (exact) mass is 1050 g/mol. The highest BCUT2D eigenvalue weighted by Crippen LogP contribution is 2.44. The molecular weight excluding hydrogens is 995 g/mol. The second-order valence-corrected chi connectivity index (χ2v) is 18.9. The third-order valence-electron chi connectivity index (χ3n) is 12.3. The lowest BCUT2D eigenvalue weighted by atomic mass is 9.93. The third kappa shape index (κ3) is 13.9. The molecule has 0 aliphatic carbocycles. The third-order valence-corrected chi connectivity index (χ3v) is 12.3. The Morgan fingerprint density at radius 3 is 1.34 bits per heavy atom. The summed E-state index contributed by atoms with van der Waals surface area (Å²) < 4.78 is 76.7. The Hall–Kier alpha value is -7.94. The van der Waals surface area contributed by atoms with E-state index in [1.54, 1.807) is 52.8 Å². The predicted octanol–water partition coefficient (Wildman–Crippen LogP) is 10.3. The van der Waals surface area contributed by atoms with Crippen molar-refractivity contribution in [3.63, 3.8) is 0 Å². The summed E-state index contributed by atoms with van der Waals surface area (Å²) in [5.41, 5.74) is 7.97. The van der Waals surface area contributed by atoms with Gasteiger partial charge < -0.3 is 36.2 Å². The van der Waals surface area contributed by atoms with Crippen molar-refractivity contribution in [2.24, 2.45) is 0 Å². The average molecular weight is 1050 g/mol. The molecule has 6 heterocycles. The topological polar surface area (TPSA) is 195 Å². The number of aromatic nitrogens is 4. The lowest BCUT2D eigenvalue weighted by Crippen LogP contribution is -2.42. The van der Waals surface area contributed by atoms with Gasteiger partial charge in [-0.3, -0.25) is 19.6 Å². The molecule has 2 aliphatic heterocycles. The molecule has 2 aromatic carbocycles. The Labute approximate surface area is 435 Å². The van der Waals surface area contributed by atoms with Crippen LogP contribution < -0.4 is 21.3 Å². The van der Waals surface area contributed by atoms with Gasteiger partial charge in [0.25, 0.3) is 11.8 Å². The SMILES string of the molecule is CC(C)NC(=O)N1Cc2cc(C(=O)NCC(F)(F)F)nc(-c3cccc(-c4cccnc4)c3)c2[C@H]1CCO.CCC[C@@H]1c2c(cc(C(=O)NCC(F)(F)F)nc2-c2cccc(-c3cccnc3)c2)CN1C(=O)NC(C)C. The summed E-state index contributed by atoms with van der Waals surface area (Å²) in [4.78, 5) is 72.3. The van der Waals surface area contributed by atoms with Crippen LogP contribution in [0.25, 0.3) is 44.8 Å². The maximum atomic E-state index is 13.1. The minimum absolute atomic E-state index is 0.0778. The molecule has 2 atom stereocenters. The fraction of sp³-hybridized carbons (Fsp3) is 0.345. The van der Waals surface area contributed by atoms with Crippen LogP contribution >= 0.6 is 0 Å². The number of carbonyl (C=O) groups is 4. The molecule has 0 unspecified atom stereocenters. The van der Waals surface area contributed by atoms with E-state index in [4.69, 9.17) is 0 Å². The molecule has 6 aromatic rings. The molecule has 5 N–H and O–H groups in total. The predicted molar refractivity (Wildman–Crippen MR) is 273 cm³/mol. The van der Waals surface area contributed by atoms with Gasteiger partial charge in [0.2, 0.25) is 0 Å². The molecule has 0 fully saturated rings. The van der Waals surface area contributed by atoms with Crippen molar-refractivity contribution in [2.45, 2.75) is 103 Å². The number of pyridine rings is 4. The van der Waals surface area contributed by atoms with Gasteiger partial charge in [-0.2, -0.15) is 26.3 Å². The first kappa shape index (κ1) is 55.8. The van der Waals surface area contributed by atoms with Crippen molar-refractivity contribution < 1.29 is 50.6 Å². The largest absolute Gasteiger partial charge is 0.405 e. The smallest absolute Gasteiger partial charge is 0.396 e. The Bertz CT molecular complexity index is 2830. The van der Waals surface area contributed by atoms with E-state index < -0.39 is 43.3 Å². The van der Waals surface area contributed by atoms with Crippen LogP contribution in [0.3, 0.4) is 0 Å². The normalized spacial score (nSPS) is 14.9. The van der Waals surface area contributed by atoms with Crippen molar-refractivity contribution in [1.29, 1.82) is 0 Å². The van der Waals surface area contributed by atoms with Crippen LogP contribution in [-0.2, 0) is 13.1 Å². The molecule has 15 nitrogen and oxygen atoms in total. The molecule has 0 bridgehead atoms. The summed E-state index contributed by atoms with van der Waals surface area (Å²) in [6.07, 6.45) is -0.697. The van der Waals surface area contributed by atoms with Crippen LogP contribution in [0.4, 0.5) is 35.9 Å². The minimum atomic E-state index is -4.58. The number of urea groups is 2. The number of aliphatic hydroxyl groups excluding tert-OH is 1. The van der Waals surface area contributed by atoms with Gasteiger partial charge in [-0.15, -0.1) is 0 Å². The second-order valence-electron chi connectivity index (χ2n) is 18.9. The molecule has 0 saturated carbocycles. The Balaban J connectivity index is 0.000000221. The number of rotatable bonds is 14. The quantitative estimate of drug-likeness (QED) is 0.0660. The molecule has 0 radical (unpaired) electrons. The number of nitrogens with zero attached hydrogens (tertiary/aromatic N) is 6. The van der Waals surface area contributed by atoms with Gasteiger partial charge in [-0.05, 0) is 99.2 Å². The highest BCUT2D eigenvalue weighted by molar-refractivity contribution is 5.95. The van der Waals surface area contributed by atoms with Crippen molar-refractivity contribution in [3.8, 4) is 44.8 Å². The Morgan fingerprint density at radius 2 is 0.987 bits per heavy atom. The minimum Gasteiger partial charge on any atom is -0.396 e. The van der Waals surface area contributed by atoms with Crippen molar-refractivity contribution >= 4 is 23.9 Å². The van der Waals surface area contributed by atoms with Crippen molar-refractivity contribution in [2.75, 3.05) is 19.7 Å². The van der Waals surface area contributed by atoms with E-state index in [0.29, 0.717) is 45.6 Å². The molecule has 6 amide bonds.